The molecule has 1 unspecified atom stereocenters. The zero-order chi connectivity index (χ0) is 21.5. The van der Waals surface area contributed by atoms with E-state index in [1.54, 1.807) is 16.4 Å². The van der Waals surface area contributed by atoms with Crippen molar-refractivity contribution >= 4 is 15.8 Å². The highest BCUT2D eigenvalue weighted by atomic mass is 32.2. The summed E-state index contributed by atoms with van der Waals surface area (Å²) < 4.78 is 28.2. The van der Waals surface area contributed by atoms with Crippen LogP contribution < -0.4 is 5.32 Å². The summed E-state index contributed by atoms with van der Waals surface area (Å²) in [4.78, 5) is 12.3. The molecule has 1 saturated heterocycles. The largest absolute Gasteiger partial charge is 0.373 e. The standard InChI is InChI=1S/C22H31N5O2S/c1-15-7-8-18(12-16(15)2)30(28,29)27-10-5-6-17(13-27)21-24-20-14-26(4)11-9-19(20)22(23-3)25-21/h7-8,12,17H,5-6,9-11,13-14H2,1-4H3,(H,23,24,25). The van der Waals surface area contributed by atoms with E-state index in [9.17, 15) is 8.42 Å². The van der Waals surface area contributed by atoms with E-state index in [-0.39, 0.29) is 5.92 Å². The molecule has 0 spiro atoms. The highest BCUT2D eigenvalue weighted by molar-refractivity contribution is 7.89. The number of hydrogen-bond acceptors (Lipinski definition) is 6. The van der Waals surface area contributed by atoms with Crippen LogP contribution in [0.25, 0.3) is 0 Å². The third-order valence-corrected chi connectivity index (χ3v) is 8.24. The molecule has 1 aromatic heterocycles. The van der Waals surface area contributed by atoms with Crippen LogP contribution in [0.15, 0.2) is 23.1 Å². The molecule has 0 amide bonds. The Morgan fingerprint density at radius 1 is 1.13 bits per heavy atom. The zero-order valence-corrected chi connectivity index (χ0v) is 19.1. The second-order valence-corrected chi connectivity index (χ2v) is 10.5. The van der Waals surface area contributed by atoms with Gasteiger partial charge in [-0.15, -0.1) is 0 Å². The van der Waals surface area contributed by atoms with Crippen molar-refractivity contribution in [1.29, 1.82) is 0 Å². The van der Waals surface area contributed by atoms with Gasteiger partial charge in [0, 0.05) is 44.7 Å². The molecule has 30 heavy (non-hydrogen) atoms. The van der Waals surface area contributed by atoms with Crippen molar-refractivity contribution in [3.63, 3.8) is 0 Å². The molecule has 2 aliphatic rings. The summed E-state index contributed by atoms with van der Waals surface area (Å²) in [6, 6.07) is 5.37. The molecule has 1 N–H and O–H groups in total. The molecule has 7 nitrogen and oxygen atoms in total. The van der Waals surface area contributed by atoms with Gasteiger partial charge < -0.3 is 10.2 Å². The van der Waals surface area contributed by atoms with E-state index in [2.05, 4.69) is 17.3 Å². The number of benzene rings is 1. The van der Waals surface area contributed by atoms with Crippen LogP contribution in [0.2, 0.25) is 0 Å². The summed E-state index contributed by atoms with van der Waals surface area (Å²) in [6.07, 6.45) is 2.64. The van der Waals surface area contributed by atoms with Gasteiger partial charge in [-0.05, 0) is 63.4 Å². The molecule has 1 aromatic carbocycles. The van der Waals surface area contributed by atoms with Crippen molar-refractivity contribution in [3.05, 3.63) is 46.4 Å². The van der Waals surface area contributed by atoms with Gasteiger partial charge in [-0.3, -0.25) is 0 Å². The highest BCUT2D eigenvalue weighted by Crippen LogP contribution is 2.32. The average molecular weight is 430 g/mol. The predicted molar refractivity (Wildman–Crippen MR) is 118 cm³/mol. The van der Waals surface area contributed by atoms with E-state index >= 15 is 0 Å². The van der Waals surface area contributed by atoms with Gasteiger partial charge in [0.2, 0.25) is 10.0 Å². The lowest BCUT2D eigenvalue weighted by molar-refractivity contribution is 0.297. The van der Waals surface area contributed by atoms with Gasteiger partial charge >= 0.3 is 0 Å². The molecule has 0 bridgehead atoms. The molecule has 1 fully saturated rings. The summed E-state index contributed by atoms with van der Waals surface area (Å²) in [5.74, 6) is 1.65. The first-order valence-corrected chi connectivity index (χ1v) is 12.1. The molecule has 8 heteroatoms. The number of aromatic nitrogens is 2. The summed E-state index contributed by atoms with van der Waals surface area (Å²) in [7, 11) is 0.460. The van der Waals surface area contributed by atoms with E-state index in [0.717, 1.165) is 60.8 Å². The van der Waals surface area contributed by atoms with Crippen LogP contribution in [-0.4, -0.2) is 61.3 Å². The highest BCUT2D eigenvalue weighted by Gasteiger charge is 2.33. The summed E-state index contributed by atoms with van der Waals surface area (Å²) in [5, 5.41) is 3.23. The van der Waals surface area contributed by atoms with Crippen LogP contribution in [-0.2, 0) is 23.0 Å². The van der Waals surface area contributed by atoms with E-state index in [4.69, 9.17) is 9.97 Å². The van der Waals surface area contributed by atoms with Gasteiger partial charge in [0.1, 0.15) is 11.6 Å². The fraction of sp³-hybridized carbons (Fsp3) is 0.545. The predicted octanol–water partition coefficient (Wildman–Crippen LogP) is 2.69. The monoisotopic (exact) mass is 429 g/mol. The maximum Gasteiger partial charge on any atom is 0.243 e. The fourth-order valence-corrected chi connectivity index (χ4v) is 5.97. The SMILES string of the molecule is CNc1nc(C2CCCN(S(=O)(=O)c3ccc(C)c(C)c3)C2)nc2c1CCN(C)C2. The topological polar surface area (TPSA) is 78.4 Å². The minimum absolute atomic E-state index is 0.00435. The van der Waals surface area contributed by atoms with Gasteiger partial charge in [-0.25, -0.2) is 18.4 Å². The summed E-state index contributed by atoms with van der Waals surface area (Å²) in [5.41, 5.74) is 4.34. The van der Waals surface area contributed by atoms with E-state index in [1.165, 1.54) is 5.56 Å². The first-order chi connectivity index (χ1) is 14.3. The van der Waals surface area contributed by atoms with Crippen molar-refractivity contribution in [2.24, 2.45) is 0 Å². The zero-order valence-electron chi connectivity index (χ0n) is 18.3. The molecule has 162 valence electrons. The Labute approximate surface area is 179 Å². The summed E-state index contributed by atoms with van der Waals surface area (Å²) in [6.45, 7) is 6.70. The molecule has 1 atom stereocenters. The number of piperidine rings is 1. The van der Waals surface area contributed by atoms with Crippen LogP contribution in [0.3, 0.4) is 0 Å². The maximum atomic E-state index is 13.3. The Hall–Kier alpha value is -2.03. The molecule has 0 aliphatic carbocycles. The Kier molecular flexibility index (Phi) is 5.83. The van der Waals surface area contributed by atoms with Crippen LogP contribution in [0.1, 0.15) is 47.0 Å². The van der Waals surface area contributed by atoms with E-state index in [0.29, 0.717) is 18.0 Å². The van der Waals surface area contributed by atoms with Crippen molar-refractivity contribution in [2.75, 3.05) is 39.0 Å². The van der Waals surface area contributed by atoms with Gasteiger partial charge in [-0.1, -0.05) is 6.07 Å². The molecule has 0 saturated carbocycles. The Balaban J connectivity index is 1.63. The minimum atomic E-state index is -3.53. The van der Waals surface area contributed by atoms with Crippen molar-refractivity contribution in [3.8, 4) is 0 Å². The average Bonchev–Trinajstić information content (AvgIpc) is 2.74. The number of aryl methyl sites for hydroxylation is 2. The normalized spacial score (nSPS) is 20.7. The second kappa shape index (κ2) is 8.24. The van der Waals surface area contributed by atoms with E-state index in [1.807, 2.05) is 27.0 Å². The first-order valence-electron chi connectivity index (χ1n) is 10.6. The Morgan fingerprint density at radius 3 is 2.67 bits per heavy atom. The van der Waals surface area contributed by atoms with Crippen LogP contribution in [0.4, 0.5) is 5.82 Å². The minimum Gasteiger partial charge on any atom is -0.373 e. The first kappa shape index (κ1) is 21.2. The third kappa shape index (κ3) is 3.96. The number of nitrogens with zero attached hydrogens (tertiary/aromatic N) is 4. The van der Waals surface area contributed by atoms with E-state index < -0.39 is 10.0 Å². The van der Waals surface area contributed by atoms with Crippen LogP contribution in [0.5, 0.6) is 0 Å². The number of sulfonamides is 1. The molecular formula is C22H31N5O2S. The lowest BCUT2D eigenvalue weighted by Crippen LogP contribution is -2.40. The molecule has 0 radical (unpaired) electrons. The number of likely N-dealkylation sites (N-methyl/N-ethyl adjacent to an activating group) is 1. The lowest BCUT2D eigenvalue weighted by Gasteiger charge is -2.32. The van der Waals surface area contributed by atoms with Gasteiger partial charge in [0.25, 0.3) is 0 Å². The van der Waals surface area contributed by atoms with Gasteiger partial charge in [0.15, 0.2) is 0 Å². The van der Waals surface area contributed by atoms with Crippen molar-refractivity contribution in [2.45, 2.75) is 50.5 Å². The number of nitrogens with one attached hydrogen (secondary N) is 1. The molecule has 4 rings (SSSR count). The third-order valence-electron chi connectivity index (χ3n) is 6.38. The van der Waals surface area contributed by atoms with Gasteiger partial charge in [-0.2, -0.15) is 4.31 Å². The van der Waals surface area contributed by atoms with Crippen molar-refractivity contribution < 1.29 is 8.42 Å². The maximum absolute atomic E-state index is 13.3. The number of hydrogen-bond donors (Lipinski definition) is 1. The number of fused-ring (bicyclic) bond motifs is 1. The van der Waals surface area contributed by atoms with Crippen LogP contribution in [0, 0.1) is 13.8 Å². The Morgan fingerprint density at radius 2 is 1.93 bits per heavy atom. The second-order valence-electron chi connectivity index (χ2n) is 8.54. The molecule has 2 aliphatic heterocycles. The molecule has 2 aromatic rings. The Bertz CT molecular complexity index is 1050. The molecule has 3 heterocycles. The van der Waals surface area contributed by atoms with Gasteiger partial charge in [0.05, 0.1) is 10.6 Å². The lowest BCUT2D eigenvalue weighted by atomic mass is 9.97. The number of anilines is 1. The number of rotatable bonds is 4. The van der Waals surface area contributed by atoms with Crippen molar-refractivity contribution in [1.82, 2.24) is 19.2 Å². The fourth-order valence-electron chi connectivity index (χ4n) is 4.36. The van der Waals surface area contributed by atoms with Crippen LogP contribution >= 0.6 is 0 Å². The quantitative estimate of drug-likeness (QED) is 0.805. The molecular weight excluding hydrogens is 398 g/mol. The smallest absolute Gasteiger partial charge is 0.243 e. The summed E-state index contributed by atoms with van der Waals surface area (Å²) >= 11 is 0.